The lowest BCUT2D eigenvalue weighted by Gasteiger charge is -2.28. The van der Waals surface area contributed by atoms with E-state index in [2.05, 4.69) is 5.32 Å². The van der Waals surface area contributed by atoms with Gasteiger partial charge in [0.2, 0.25) is 0 Å². The predicted octanol–water partition coefficient (Wildman–Crippen LogP) is 7.50. The Morgan fingerprint density at radius 2 is 1.62 bits per heavy atom. The molecule has 4 nitrogen and oxygen atoms in total. The number of ether oxygens (including phenoxy) is 1. The second kappa shape index (κ2) is 10.2. The van der Waals surface area contributed by atoms with Crippen LogP contribution in [-0.2, 0) is 36.5 Å². The molecule has 0 aromatic heterocycles. The molecule has 0 saturated carbocycles. The number of amides is 1. The molecule has 0 spiro atoms. The fraction of sp³-hybridized carbons (Fsp3) is 0.519. The summed E-state index contributed by atoms with van der Waals surface area (Å²) in [6.07, 6.45) is -6.80. The number of carbonyl (C=O) groups excluding carboxylic acids is 1. The minimum Gasteiger partial charge on any atom is -0.446 e. The van der Waals surface area contributed by atoms with Gasteiger partial charge in [-0.3, -0.25) is 4.90 Å². The summed E-state index contributed by atoms with van der Waals surface area (Å²) in [5, 5.41) is 3.20. The van der Waals surface area contributed by atoms with Crippen LogP contribution in [0, 0.1) is 6.92 Å². The molecule has 2 aliphatic rings. The molecule has 1 aliphatic carbocycles. The minimum absolute atomic E-state index is 0.109. The van der Waals surface area contributed by atoms with Crippen LogP contribution >= 0.6 is 0 Å². The van der Waals surface area contributed by atoms with Gasteiger partial charge in [0.1, 0.15) is 0 Å². The molecule has 0 bridgehead atoms. The molecular formula is C27H30F6N2O2. The van der Waals surface area contributed by atoms with Crippen molar-refractivity contribution in [3.05, 3.63) is 63.2 Å². The van der Waals surface area contributed by atoms with Crippen LogP contribution in [0.2, 0.25) is 0 Å². The van der Waals surface area contributed by atoms with E-state index in [1.807, 2.05) is 13.0 Å². The minimum atomic E-state index is -4.90. The Bertz CT molecular complexity index is 1140. The molecule has 2 aromatic carbocycles. The van der Waals surface area contributed by atoms with Gasteiger partial charge in [0.15, 0.2) is 0 Å². The van der Waals surface area contributed by atoms with Gasteiger partial charge in [-0.25, -0.2) is 4.79 Å². The van der Waals surface area contributed by atoms with Crippen LogP contribution in [0.1, 0.15) is 78.1 Å². The number of carbonyl (C=O) groups is 1. The summed E-state index contributed by atoms with van der Waals surface area (Å²) in [6.45, 7) is 5.75. The van der Waals surface area contributed by atoms with E-state index in [-0.39, 0.29) is 30.3 Å². The van der Waals surface area contributed by atoms with E-state index in [0.29, 0.717) is 19.4 Å². The van der Waals surface area contributed by atoms with Gasteiger partial charge in [-0.1, -0.05) is 6.07 Å². The smallest absolute Gasteiger partial charge is 0.416 e. The van der Waals surface area contributed by atoms with E-state index >= 15 is 0 Å². The molecule has 202 valence electrons. The van der Waals surface area contributed by atoms with Gasteiger partial charge in [0.05, 0.1) is 22.9 Å². The molecule has 10 heteroatoms. The first-order chi connectivity index (χ1) is 17.3. The molecule has 0 saturated heterocycles. The fourth-order valence-electron chi connectivity index (χ4n) is 5.33. The second-order valence-corrected chi connectivity index (χ2v) is 10.0. The van der Waals surface area contributed by atoms with Crippen molar-refractivity contribution < 1.29 is 35.9 Å². The van der Waals surface area contributed by atoms with E-state index < -0.39 is 29.6 Å². The summed E-state index contributed by atoms with van der Waals surface area (Å²) in [6, 6.07) is 3.27. The number of aryl methyl sites for hydroxylation is 1. The van der Waals surface area contributed by atoms with Crippen molar-refractivity contribution in [2.45, 2.75) is 83.9 Å². The molecule has 0 radical (unpaired) electrons. The largest absolute Gasteiger partial charge is 0.446 e. The summed E-state index contributed by atoms with van der Waals surface area (Å²) in [4.78, 5) is 14.7. The number of nitrogens with one attached hydrogen (secondary N) is 1. The molecule has 1 amide bonds. The van der Waals surface area contributed by atoms with Gasteiger partial charge in [-0.2, -0.15) is 26.3 Å². The van der Waals surface area contributed by atoms with E-state index in [9.17, 15) is 31.1 Å². The van der Waals surface area contributed by atoms with Gasteiger partial charge in [-0.05, 0) is 98.9 Å². The van der Waals surface area contributed by atoms with Crippen molar-refractivity contribution in [3.8, 4) is 0 Å². The Balaban J connectivity index is 1.70. The number of hydrogen-bond donors (Lipinski definition) is 1. The highest BCUT2D eigenvalue weighted by molar-refractivity contribution is 5.91. The maximum Gasteiger partial charge on any atom is 0.416 e. The zero-order valence-electron chi connectivity index (χ0n) is 20.9. The number of rotatable bonds is 4. The quantitative estimate of drug-likeness (QED) is 0.418. The Morgan fingerprint density at radius 1 is 1.00 bits per heavy atom. The molecule has 1 atom stereocenters. The lowest BCUT2D eigenvalue weighted by molar-refractivity contribution is -0.143. The van der Waals surface area contributed by atoms with E-state index in [1.165, 1.54) is 5.56 Å². The molecule has 2 aromatic rings. The lowest BCUT2D eigenvalue weighted by Crippen LogP contribution is -2.35. The first-order valence-electron chi connectivity index (χ1n) is 12.4. The van der Waals surface area contributed by atoms with Gasteiger partial charge in [0, 0.05) is 19.1 Å². The Kier molecular flexibility index (Phi) is 7.52. The molecule has 37 heavy (non-hydrogen) atoms. The van der Waals surface area contributed by atoms with E-state index in [4.69, 9.17) is 4.74 Å². The normalized spacial score (nSPS) is 18.0. The molecule has 1 heterocycles. The van der Waals surface area contributed by atoms with Crippen molar-refractivity contribution in [1.82, 2.24) is 5.32 Å². The van der Waals surface area contributed by atoms with Crippen molar-refractivity contribution in [2.24, 2.45) is 0 Å². The van der Waals surface area contributed by atoms with Crippen LogP contribution in [0.3, 0.4) is 0 Å². The highest BCUT2D eigenvalue weighted by Gasteiger charge is 2.37. The second-order valence-electron chi connectivity index (χ2n) is 10.0. The van der Waals surface area contributed by atoms with Crippen LogP contribution in [0.25, 0.3) is 0 Å². The van der Waals surface area contributed by atoms with Gasteiger partial charge in [0.25, 0.3) is 0 Å². The third-order valence-corrected chi connectivity index (χ3v) is 6.90. The van der Waals surface area contributed by atoms with Gasteiger partial charge >= 0.3 is 18.4 Å². The van der Waals surface area contributed by atoms with Gasteiger partial charge in [-0.15, -0.1) is 0 Å². The Labute approximate surface area is 212 Å². The third-order valence-electron chi connectivity index (χ3n) is 6.90. The highest BCUT2D eigenvalue weighted by atomic mass is 19.4. The van der Waals surface area contributed by atoms with Crippen molar-refractivity contribution in [3.63, 3.8) is 0 Å². The predicted molar refractivity (Wildman–Crippen MR) is 127 cm³/mol. The van der Waals surface area contributed by atoms with Crippen LogP contribution < -0.4 is 10.2 Å². The van der Waals surface area contributed by atoms with Crippen molar-refractivity contribution >= 4 is 11.8 Å². The Hall–Kier alpha value is -2.75. The summed E-state index contributed by atoms with van der Waals surface area (Å²) in [7, 11) is 0. The summed E-state index contributed by atoms with van der Waals surface area (Å²) >= 11 is 0. The van der Waals surface area contributed by atoms with E-state index in [0.717, 1.165) is 53.8 Å². The standard InChI is InChI=1S/C27H30F6N2O2/c1-15(2)37-25(36)35-9-5-8-23(22-10-16(3)20-6-4-7-21(20)24(22)35)34-14-17-11-18(26(28,29)30)13-19(12-17)27(31,32)33/h10-13,15,23,34H,4-9,14H2,1-3H3/t23-/m0/s1. The summed E-state index contributed by atoms with van der Waals surface area (Å²) in [5.74, 6) is 0. The number of halogens is 6. The fourth-order valence-corrected chi connectivity index (χ4v) is 5.33. The van der Waals surface area contributed by atoms with Gasteiger partial charge < -0.3 is 10.1 Å². The van der Waals surface area contributed by atoms with Crippen LogP contribution in [-0.4, -0.2) is 18.7 Å². The van der Waals surface area contributed by atoms with E-state index in [1.54, 1.807) is 18.7 Å². The Morgan fingerprint density at radius 3 is 2.22 bits per heavy atom. The average molecular weight is 529 g/mol. The van der Waals surface area contributed by atoms with Crippen molar-refractivity contribution in [1.29, 1.82) is 0 Å². The maximum absolute atomic E-state index is 13.3. The molecule has 4 rings (SSSR count). The number of alkyl halides is 6. The number of fused-ring (bicyclic) bond motifs is 3. The molecule has 1 N–H and O–H groups in total. The number of nitrogens with zero attached hydrogens (tertiary/aromatic N) is 1. The summed E-state index contributed by atoms with van der Waals surface area (Å²) < 4.78 is 85.5. The third kappa shape index (κ3) is 5.89. The highest BCUT2D eigenvalue weighted by Crippen LogP contribution is 2.43. The van der Waals surface area contributed by atoms with Crippen molar-refractivity contribution in [2.75, 3.05) is 11.4 Å². The first-order valence-corrected chi connectivity index (χ1v) is 12.4. The topological polar surface area (TPSA) is 41.6 Å². The van der Waals surface area contributed by atoms with Crippen LogP contribution in [0.15, 0.2) is 24.3 Å². The SMILES string of the molecule is Cc1cc2c(c3c1CCC3)N(C(=O)OC(C)C)CCC[C@@H]2NCc1cc(C(F)(F)F)cc(C(F)(F)F)c1. The summed E-state index contributed by atoms with van der Waals surface area (Å²) in [5.41, 5.74) is 2.13. The number of hydrogen-bond acceptors (Lipinski definition) is 3. The molecule has 0 fully saturated rings. The molecular weight excluding hydrogens is 498 g/mol. The molecule has 0 unspecified atom stereocenters. The monoisotopic (exact) mass is 528 g/mol. The maximum atomic E-state index is 13.3. The zero-order valence-corrected chi connectivity index (χ0v) is 20.9. The van der Waals surface area contributed by atoms with Crippen LogP contribution in [0.4, 0.5) is 36.8 Å². The number of benzene rings is 2. The van der Waals surface area contributed by atoms with Crippen LogP contribution in [0.5, 0.6) is 0 Å². The lowest BCUT2D eigenvalue weighted by atomic mass is 9.92. The average Bonchev–Trinajstić information content (AvgIpc) is 3.21. The zero-order chi connectivity index (χ0) is 27.1. The first kappa shape index (κ1) is 27.3. The number of anilines is 1. The molecule has 1 aliphatic heterocycles.